The molecule has 0 rings (SSSR count). The molecular formula is C9H24N10. The minimum atomic E-state index is 0.0633. The Hall–Kier alpha value is -2.23. The molecule has 0 radical (unpaired) electrons. The van der Waals surface area contributed by atoms with Gasteiger partial charge in [-0.05, 0) is 0 Å². The third-order valence-corrected chi connectivity index (χ3v) is 2.13. The Morgan fingerprint density at radius 1 is 0.579 bits per heavy atom. The van der Waals surface area contributed by atoms with Crippen LogP contribution < -0.4 is 34.4 Å². The van der Waals surface area contributed by atoms with E-state index in [1.54, 1.807) is 0 Å². The first-order valence-corrected chi connectivity index (χ1v) is 5.80. The number of rotatable bonds is 9. The zero-order valence-electron chi connectivity index (χ0n) is 11.0. The van der Waals surface area contributed by atoms with Crippen LogP contribution in [0.5, 0.6) is 0 Å². The summed E-state index contributed by atoms with van der Waals surface area (Å²) in [5, 5.41) is 0. The van der Waals surface area contributed by atoms with Gasteiger partial charge in [0.15, 0.2) is 17.9 Å². The molecule has 0 unspecified atom stereocenters. The summed E-state index contributed by atoms with van der Waals surface area (Å²) in [6.07, 6.45) is 0. The molecule has 0 aromatic rings. The predicted molar refractivity (Wildman–Crippen MR) is 78.5 cm³/mol. The lowest BCUT2D eigenvalue weighted by atomic mass is 10.4. The summed E-state index contributed by atoms with van der Waals surface area (Å²) in [6, 6.07) is 0. The van der Waals surface area contributed by atoms with Gasteiger partial charge in [-0.15, -0.1) is 0 Å². The molecule has 0 aromatic carbocycles. The van der Waals surface area contributed by atoms with Crippen molar-refractivity contribution < 1.29 is 0 Å². The zero-order chi connectivity index (χ0) is 14.7. The molecule has 10 nitrogen and oxygen atoms in total. The molecule has 0 fully saturated rings. The minimum Gasteiger partial charge on any atom is -0.370 e. The van der Waals surface area contributed by atoms with Gasteiger partial charge >= 0.3 is 0 Å². The van der Waals surface area contributed by atoms with E-state index in [1.165, 1.54) is 0 Å². The first kappa shape index (κ1) is 16.8. The number of hydrogen-bond donors (Lipinski definition) is 6. The van der Waals surface area contributed by atoms with E-state index in [0.717, 1.165) is 0 Å². The summed E-state index contributed by atoms with van der Waals surface area (Å²) >= 11 is 0. The Kier molecular flexibility index (Phi) is 8.62. The molecule has 0 bridgehead atoms. The van der Waals surface area contributed by atoms with Gasteiger partial charge in [-0.2, -0.15) is 0 Å². The minimum absolute atomic E-state index is 0.0633. The standard InChI is InChI=1S/C9H24N10/c10-7(11)16-1-4-19(5-2-17-8(12)13)6-3-18-9(14)15/h1-6H2,(H4,10,11,16)(H4,12,13,17)(H4,14,15,18). The van der Waals surface area contributed by atoms with E-state index in [2.05, 4.69) is 19.9 Å². The summed E-state index contributed by atoms with van der Waals surface area (Å²) in [5.74, 6) is 0.190. The molecular weight excluding hydrogens is 248 g/mol. The summed E-state index contributed by atoms with van der Waals surface area (Å²) in [5.41, 5.74) is 31.5. The zero-order valence-corrected chi connectivity index (χ0v) is 11.0. The molecule has 0 aliphatic carbocycles. The van der Waals surface area contributed by atoms with Gasteiger partial charge in [0.2, 0.25) is 0 Å². The highest BCUT2D eigenvalue weighted by atomic mass is 15.2. The van der Waals surface area contributed by atoms with Crippen LogP contribution in [-0.2, 0) is 0 Å². The molecule has 0 amide bonds. The van der Waals surface area contributed by atoms with Gasteiger partial charge in [0.25, 0.3) is 0 Å². The molecule has 0 aliphatic rings. The highest BCUT2D eigenvalue weighted by Gasteiger charge is 2.03. The fourth-order valence-corrected chi connectivity index (χ4v) is 1.30. The number of nitrogens with two attached hydrogens (primary N) is 6. The molecule has 0 atom stereocenters. The second-order valence-electron chi connectivity index (χ2n) is 3.76. The lowest BCUT2D eigenvalue weighted by Gasteiger charge is -2.19. The Morgan fingerprint density at radius 2 is 0.842 bits per heavy atom. The van der Waals surface area contributed by atoms with E-state index in [1.807, 2.05) is 0 Å². The van der Waals surface area contributed by atoms with E-state index in [-0.39, 0.29) is 17.9 Å². The average Bonchev–Trinajstić information content (AvgIpc) is 2.26. The molecule has 0 aliphatic heterocycles. The van der Waals surface area contributed by atoms with Crippen LogP contribution in [0.3, 0.4) is 0 Å². The van der Waals surface area contributed by atoms with Crippen molar-refractivity contribution in [3.63, 3.8) is 0 Å². The van der Waals surface area contributed by atoms with Gasteiger partial charge in [0.1, 0.15) is 0 Å². The van der Waals surface area contributed by atoms with Crippen LogP contribution in [0, 0.1) is 0 Å². The fraction of sp³-hybridized carbons (Fsp3) is 0.667. The molecule has 0 heterocycles. The number of guanidine groups is 3. The Morgan fingerprint density at radius 3 is 1.05 bits per heavy atom. The van der Waals surface area contributed by atoms with Gasteiger partial charge in [-0.3, -0.25) is 19.9 Å². The van der Waals surface area contributed by atoms with Crippen molar-refractivity contribution in [2.45, 2.75) is 0 Å². The lowest BCUT2D eigenvalue weighted by Crippen LogP contribution is -2.34. The van der Waals surface area contributed by atoms with Crippen molar-refractivity contribution in [1.82, 2.24) is 4.90 Å². The second kappa shape index (κ2) is 9.76. The highest BCUT2D eigenvalue weighted by molar-refractivity contribution is 5.76. The first-order valence-electron chi connectivity index (χ1n) is 5.80. The van der Waals surface area contributed by atoms with Crippen molar-refractivity contribution in [2.75, 3.05) is 39.3 Å². The summed E-state index contributed by atoms with van der Waals surface area (Å²) in [4.78, 5) is 13.8. The Balaban J connectivity index is 4.17. The molecule has 0 saturated carbocycles. The third-order valence-electron chi connectivity index (χ3n) is 2.13. The van der Waals surface area contributed by atoms with E-state index in [4.69, 9.17) is 34.4 Å². The smallest absolute Gasteiger partial charge is 0.185 e. The van der Waals surface area contributed by atoms with Gasteiger partial charge in [0, 0.05) is 19.6 Å². The lowest BCUT2D eigenvalue weighted by molar-refractivity contribution is 0.298. The molecule has 110 valence electrons. The van der Waals surface area contributed by atoms with E-state index in [0.29, 0.717) is 39.3 Å². The SMILES string of the molecule is NC(N)=NCCN(CCN=C(N)N)CCN=C(N)N. The van der Waals surface area contributed by atoms with Crippen molar-refractivity contribution >= 4 is 17.9 Å². The van der Waals surface area contributed by atoms with Gasteiger partial charge in [-0.25, -0.2) is 0 Å². The molecule has 0 saturated heterocycles. The molecule has 0 aromatic heterocycles. The van der Waals surface area contributed by atoms with Gasteiger partial charge < -0.3 is 34.4 Å². The molecule has 12 N–H and O–H groups in total. The maximum Gasteiger partial charge on any atom is 0.185 e. The quantitative estimate of drug-likeness (QED) is 0.182. The van der Waals surface area contributed by atoms with Crippen LogP contribution in [0.15, 0.2) is 15.0 Å². The number of nitrogens with zero attached hydrogens (tertiary/aromatic N) is 4. The van der Waals surface area contributed by atoms with E-state index >= 15 is 0 Å². The van der Waals surface area contributed by atoms with Crippen LogP contribution in [0.25, 0.3) is 0 Å². The topological polar surface area (TPSA) is 196 Å². The van der Waals surface area contributed by atoms with E-state index < -0.39 is 0 Å². The van der Waals surface area contributed by atoms with Crippen molar-refractivity contribution in [3.05, 3.63) is 0 Å². The molecule has 0 spiro atoms. The first-order chi connectivity index (χ1) is 8.91. The molecule has 10 heteroatoms. The van der Waals surface area contributed by atoms with Crippen LogP contribution in [0.2, 0.25) is 0 Å². The van der Waals surface area contributed by atoms with Gasteiger partial charge in [0.05, 0.1) is 19.6 Å². The number of hydrogen-bond acceptors (Lipinski definition) is 4. The van der Waals surface area contributed by atoms with Crippen LogP contribution >= 0.6 is 0 Å². The van der Waals surface area contributed by atoms with Crippen molar-refractivity contribution in [2.24, 2.45) is 49.4 Å². The maximum atomic E-state index is 5.26. The van der Waals surface area contributed by atoms with Crippen molar-refractivity contribution in [1.29, 1.82) is 0 Å². The number of aliphatic imine (C=N–C) groups is 3. The van der Waals surface area contributed by atoms with Crippen LogP contribution in [-0.4, -0.2) is 62.0 Å². The normalized spacial score (nSPS) is 9.95. The maximum absolute atomic E-state index is 5.26. The summed E-state index contributed by atoms with van der Waals surface area (Å²) < 4.78 is 0. The monoisotopic (exact) mass is 272 g/mol. The Bertz CT molecular complexity index is 270. The largest absolute Gasteiger partial charge is 0.370 e. The highest BCUT2D eigenvalue weighted by Crippen LogP contribution is 1.90. The molecule has 19 heavy (non-hydrogen) atoms. The summed E-state index contributed by atoms with van der Waals surface area (Å²) in [7, 11) is 0. The van der Waals surface area contributed by atoms with Crippen LogP contribution in [0.4, 0.5) is 0 Å². The van der Waals surface area contributed by atoms with Crippen LogP contribution in [0.1, 0.15) is 0 Å². The Labute approximate surface area is 112 Å². The van der Waals surface area contributed by atoms with Crippen molar-refractivity contribution in [3.8, 4) is 0 Å². The predicted octanol–water partition coefficient (Wildman–Crippen LogP) is -3.89. The van der Waals surface area contributed by atoms with Gasteiger partial charge in [-0.1, -0.05) is 0 Å². The second-order valence-corrected chi connectivity index (χ2v) is 3.76. The fourth-order valence-electron chi connectivity index (χ4n) is 1.30. The summed E-state index contributed by atoms with van der Waals surface area (Å²) in [6.45, 7) is 3.47. The van der Waals surface area contributed by atoms with E-state index in [9.17, 15) is 0 Å². The third kappa shape index (κ3) is 12.0. The average molecular weight is 272 g/mol.